The van der Waals surface area contributed by atoms with Gasteiger partial charge in [-0.3, -0.25) is 24.1 Å². The Morgan fingerprint density at radius 3 is 2.44 bits per heavy atom. The van der Waals surface area contributed by atoms with E-state index in [1.165, 1.54) is 5.06 Å². The minimum atomic E-state index is -0.582. The predicted molar refractivity (Wildman–Crippen MR) is 111 cm³/mol. The smallest absolute Gasteiger partial charge is 0.285 e. The highest BCUT2D eigenvalue weighted by atomic mass is 16.7. The molecule has 0 bridgehead atoms. The van der Waals surface area contributed by atoms with Crippen LogP contribution in [-0.2, 0) is 14.5 Å². The summed E-state index contributed by atoms with van der Waals surface area (Å²) in [7, 11) is 0. The van der Waals surface area contributed by atoms with Crippen molar-refractivity contribution >= 4 is 28.5 Å². The lowest BCUT2D eigenvalue weighted by molar-refractivity contribution is -0.190. The van der Waals surface area contributed by atoms with Gasteiger partial charge in [-0.25, -0.2) is 5.06 Å². The lowest BCUT2D eigenvalue weighted by Crippen LogP contribution is -2.39. The highest BCUT2D eigenvalue weighted by molar-refractivity contribution is 6.20. The number of hydrogen-bond donors (Lipinski definition) is 0. The van der Waals surface area contributed by atoms with Crippen LogP contribution in [0.25, 0.3) is 10.8 Å². The molecule has 3 aliphatic rings. The zero-order valence-corrected chi connectivity index (χ0v) is 16.9. The summed E-state index contributed by atoms with van der Waals surface area (Å²) in [6.07, 6.45) is 0. The van der Waals surface area contributed by atoms with Crippen LogP contribution in [0.15, 0.2) is 60.7 Å². The minimum Gasteiger partial charge on any atom is -0.493 e. The topological polar surface area (TPSA) is 85.4 Å². The summed E-state index contributed by atoms with van der Waals surface area (Å²) in [6.45, 7) is 0.251. The molecular weight excluding hydrogens is 412 g/mol. The Bertz CT molecular complexity index is 1250. The lowest BCUT2D eigenvalue weighted by Gasteiger charge is -2.32. The Morgan fingerprint density at radius 2 is 1.66 bits per heavy atom. The number of benzene rings is 3. The Balaban J connectivity index is 1.26. The molecule has 0 radical (unpaired) electrons. The molecule has 0 aliphatic carbocycles. The summed E-state index contributed by atoms with van der Waals surface area (Å²) in [5.41, 5.74) is 1.41. The number of nitrogens with zero attached hydrogens (tertiary/aromatic N) is 2. The zero-order chi connectivity index (χ0) is 21.8. The maximum atomic E-state index is 13.1. The molecule has 1 fully saturated rings. The Labute approximate surface area is 182 Å². The maximum Gasteiger partial charge on any atom is 0.285 e. The van der Waals surface area contributed by atoms with E-state index >= 15 is 0 Å². The molecule has 0 N–H and O–H groups in total. The van der Waals surface area contributed by atoms with E-state index in [-0.39, 0.29) is 23.1 Å². The lowest BCUT2D eigenvalue weighted by atomic mass is 9.88. The van der Waals surface area contributed by atoms with E-state index in [9.17, 15) is 14.4 Å². The number of rotatable bonds is 3. The maximum absolute atomic E-state index is 13.1. The van der Waals surface area contributed by atoms with Crippen molar-refractivity contribution in [3.8, 4) is 5.75 Å². The average molecular weight is 430 g/mol. The molecule has 1 saturated heterocycles. The van der Waals surface area contributed by atoms with Gasteiger partial charge in [0.1, 0.15) is 5.75 Å². The van der Waals surface area contributed by atoms with Crippen molar-refractivity contribution in [1.82, 2.24) is 10.1 Å². The van der Waals surface area contributed by atoms with Gasteiger partial charge in [0.05, 0.1) is 30.4 Å². The van der Waals surface area contributed by atoms with Crippen molar-refractivity contribution in [2.24, 2.45) is 5.92 Å². The molecule has 3 amide bonds. The summed E-state index contributed by atoms with van der Waals surface area (Å²) < 4.78 is 5.93. The fourth-order valence-corrected chi connectivity index (χ4v) is 4.63. The van der Waals surface area contributed by atoms with E-state index in [4.69, 9.17) is 14.4 Å². The number of hydroxylamine groups is 4. The highest BCUT2D eigenvalue weighted by Gasteiger charge is 2.45. The average Bonchev–Trinajstić information content (AvgIpc) is 3.37. The highest BCUT2D eigenvalue weighted by Crippen LogP contribution is 2.46. The first-order chi connectivity index (χ1) is 15.6. The monoisotopic (exact) mass is 430 g/mol. The second kappa shape index (κ2) is 7.15. The molecule has 3 aromatic carbocycles. The van der Waals surface area contributed by atoms with Crippen molar-refractivity contribution < 1.29 is 28.8 Å². The number of carbonyl (C=O) groups excluding carboxylic acids is 3. The quantitative estimate of drug-likeness (QED) is 0.594. The summed E-state index contributed by atoms with van der Waals surface area (Å²) in [5, 5.41) is 3.97. The molecule has 2 atom stereocenters. The first kappa shape index (κ1) is 19.0. The van der Waals surface area contributed by atoms with E-state index in [0.29, 0.717) is 18.3 Å². The molecule has 3 aromatic rings. The standard InChI is InChI=1S/C24H18N2O6/c27-20(13-32-26-23(28)17-7-3-4-8-18(17)24(26)29)25-22-15(12-31-25)11-30-19-10-9-14-5-1-2-6-16(14)21(19)22/h1-10,15,22H,11-13H2. The Kier molecular flexibility index (Phi) is 4.24. The van der Waals surface area contributed by atoms with Crippen molar-refractivity contribution in [1.29, 1.82) is 0 Å². The third-order valence-electron chi connectivity index (χ3n) is 6.13. The van der Waals surface area contributed by atoms with Crippen LogP contribution in [-0.4, -0.2) is 47.7 Å². The van der Waals surface area contributed by atoms with Crippen molar-refractivity contribution in [3.05, 3.63) is 77.4 Å². The molecule has 2 unspecified atom stereocenters. The Hall–Kier alpha value is -3.75. The number of hydrogen-bond acceptors (Lipinski definition) is 6. The fourth-order valence-electron chi connectivity index (χ4n) is 4.63. The van der Waals surface area contributed by atoms with Crippen LogP contribution in [0.5, 0.6) is 5.75 Å². The molecule has 32 heavy (non-hydrogen) atoms. The molecule has 3 aliphatic heterocycles. The van der Waals surface area contributed by atoms with E-state index in [1.807, 2.05) is 36.4 Å². The molecule has 3 heterocycles. The number of imide groups is 1. The summed E-state index contributed by atoms with van der Waals surface area (Å²) in [4.78, 5) is 49.2. The molecular formula is C24H18N2O6. The molecule has 8 heteroatoms. The van der Waals surface area contributed by atoms with Gasteiger partial charge in [0.25, 0.3) is 17.7 Å². The van der Waals surface area contributed by atoms with Crippen LogP contribution in [0, 0.1) is 5.92 Å². The number of carbonyl (C=O) groups is 3. The molecule has 0 saturated carbocycles. The Morgan fingerprint density at radius 1 is 0.938 bits per heavy atom. The molecule has 160 valence electrons. The minimum absolute atomic E-state index is 0.0310. The fraction of sp³-hybridized carbons (Fsp3) is 0.208. The molecule has 6 rings (SSSR count). The van der Waals surface area contributed by atoms with Gasteiger partial charge in [0.15, 0.2) is 6.61 Å². The zero-order valence-electron chi connectivity index (χ0n) is 16.9. The first-order valence-electron chi connectivity index (χ1n) is 10.3. The molecule has 8 nitrogen and oxygen atoms in total. The summed E-state index contributed by atoms with van der Waals surface area (Å²) in [5.74, 6) is -0.956. The molecule has 0 aromatic heterocycles. The summed E-state index contributed by atoms with van der Waals surface area (Å²) in [6, 6.07) is 17.9. The third kappa shape index (κ3) is 2.73. The number of fused-ring (bicyclic) bond motifs is 6. The van der Waals surface area contributed by atoms with Gasteiger partial charge in [0.2, 0.25) is 0 Å². The second-order valence-corrected chi connectivity index (χ2v) is 7.95. The summed E-state index contributed by atoms with van der Waals surface area (Å²) >= 11 is 0. The van der Waals surface area contributed by atoms with Crippen LogP contribution in [0.1, 0.15) is 32.3 Å². The van der Waals surface area contributed by atoms with Gasteiger partial charge in [-0.2, -0.15) is 0 Å². The van der Waals surface area contributed by atoms with Crippen LogP contribution < -0.4 is 4.74 Å². The number of ether oxygens (including phenoxy) is 1. The van der Waals surface area contributed by atoms with E-state index in [2.05, 4.69) is 0 Å². The van der Waals surface area contributed by atoms with Crippen LogP contribution in [0.4, 0.5) is 0 Å². The SMILES string of the molecule is O=C1c2ccccc2C(=O)N1OCC(=O)N1OCC2COc3ccc4ccccc4c3C21. The largest absolute Gasteiger partial charge is 0.493 e. The van der Waals surface area contributed by atoms with Crippen molar-refractivity contribution in [2.75, 3.05) is 19.8 Å². The van der Waals surface area contributed by atoms with Gasteiger partial charge >= 0.3 is 0 Å². The van der Waals surface area contributed by atoms with Crippen LogP contribution in [0.3, 0.4) is 0 Å². The van der Waals surface area contributed by atoms with Crippen LogP contribution >= 0.6 is 0 Å². The normalized spacial score (nSPS) is 21.4. The van der Waals surface area contributed by atoms with E-state index in [0.717, 1.165) is 22.1 Å². The van der Waals surface area contributed by atoms with Crippen molar-refractivity contribution in [2.45, 2.75) is 6.04 Å². The van der Waals surface area contributed by atoms with E-state index < -0.39 is 24.3 Å². The van der Waals surface area contributed by atoms with Gasteiger partial charge < -0.3 is 4.74 Å². The predicted octanol–water partition coefficient (Wildman–Crippen LogP) is 2.89. The van der Waals surface area contributed by atoms with E-state index in [1.54, 1.807) is 24.3 Å². The van der Waals surface area contributed by atoms with Gasteiger partial charge in [-0.15, -0.1) is 5.06 Å². The van der Waals surface area contributed by atoms with Gasteiger partial charge in [0, 0.05) is 11.5 Å². The first-order valence-corrected chi connectivity index (χ1v) is 10.3. The van der Waals surface area contributed by atoms with Gasteiger partial charge in [-0.1, -0.05) is 42.5 Å². The van der Waals surface area contributed by atoms with Crippen LogP contribution in [0.2, 0.25) is 0 Å². The van der Waals surface area contributed by atoms with Crippen molar-refractivity contribution in [3.63, 3.8) is 0 Å². The van der Waals surface area contributed by atoms with Gasteiger partial charge in [-0.05, 0) is 29.0 Å². The number of amides is 3. The molecule has 0 spiro atoms. The second-order valence-electron chi connectivity index (χ2n) is 7.95. The third-order valence-corrected chi connectivity index (χ3v) is 6.13.